The van der Waals surface area contributed by atoms with Gasteiger partial charge in [0.2, 0.25) is 0 Å². The number of carbonyl (C=O) groups is 1. The Morgan fingerprint density at radius 1 is 0.862 bits per heavy atom. The number of rotatable bonds is 6. The van der Waals surface area contributed by atoms with Gasteiger partial charge in [0.15, 0.2) is 0 Å². The van der Waals surface area contributed by atoms with Crippen LogP contribution in [0.15, 0.2) is 89.9 Å². The minimum atomic E-state index is -1.15. The van der Waals surface area contributed by atoms with Gasteiger partial charge in [-0.2, -0.15) is 0 Å². The molecule has 0 saturated heterocycles. The minimum absolute atomic E-state index is 0.520. The third kappa shape index (κ3) is 5.19. The molecule has 3 aromatic rings. The first-order valence-corrected chi connectivity index (χ1v) is 11.0. The van der Waals surface area contributed by atoms with Gasteiger partial charge in [-0.25, -0.2) is 0 Å². The van der Waals surface area contributed by atoms with E-state index in [1.807, 2.05) is 51.1 Å². The highest BCUT2D eigenvalue weighted by atomic mass is 31.1. The zero-order valence-electron chi connectivity index (χ0n) is 16.9. The Hall–Kier alpha value is -2.77. The predicted octanol–water partition coefficient (Wildman–Crippen LogP) is 3.03. The Morgan fingerprint density at radius 3 is 1.83 bits per heavy atom. The van der Waals surface area contributed by atoms with Crippen LogP contribution in [-0.2, 0) is 4.79 Å². The average Bonchev–Trinajstić information content (AvgIpc) is 2.70. The number of nitrogens with zero attached hydrogens (tertiary/aromatic N) is 1. The summed E-state index contributed by atoms with van der Waals surface area (Å²) < 4.78 is 0. The van der Waals surface area contributed by atoms with Crippen LogP contribution in [0.5, 0.6) is 0 Å². The Balaban J connectivity index is 2.10. The number of carboxylic acid groups (broad SMARTS) is 1. The largest absolute Gasteiger partial charge is 0.548 e. The third-order valence-electron chi connectivity index (χ3n) is 4.61. The maximum absolute atomic E-state index is 11.6. The Bertz CT molecular complexity index is 939. The molecule has 29 heavy (non-hydrogen) atoms. The summed E-state index contributed by atoms with van der Waals surface area (Å²) in [5, 5.41) is 15.2. The summed E-state index contributed by atoms with van der Waals surface area (Å²) >= 11 is 0. The molecule has 0 aliphatic heterocycles. The lowest BCUT2D eigenvalue weighted by molar-refractivity contribution is -0.309. The fourth-order valence-corrected chi connectivity index (χ4v) is 5.60. The number of hydrogen-bond acceptors (Lipinski definition) is 3. The summed E-state index contributed by atoms with van der Waals surface area (Å²) in [7, 11) is -0.795. The summed E-state index contributed by atoms with van der Waals surface area (Å²) in [4.78, 5) is 16.0. The second-order valence-corrected chi connectivity index (χ2v) is 10.1. The number of carboxylic acids is 1. The second-order valence-electron chi connectivity index (χ2n) is 7.93. The van der Waals surface area contributed by atoms with E-state index in [0.29, 0.717) is 0 Å². The quantitative estimate of drug-likeness (QED) is 0.470. The molecule has 3 nitrogen and oxygen atoms in total. The van der Waals surface area contributed by atoms with Crippen molar-refractivity contribution in [2.24, 2.45) is 10.4 Å². The van der Waals surface area contributed by atoms with Gasteiger partial charge < -0.3 is 9.90 Å². The van der Waals surface area contributed by atoms with Gasteiger partial charge in [0.05, 0.1) is 12.0 Å². The van der Waals surface area contributed by atoms with Crippen LogP contribution in [0.2, 0.25) is 0 Å². The normalized spacial score (nSPS) is 13.0. The monoisotopic (exact) mass is 402 g/mol. The van der Waals surface area contributed by atoms with Gasteiger partial charge in [-0.05, 0) is 29.3 Å². The maximum atomic E-state index is 11.6. The van der Waals surface area contributed by atoms with E-state index in [9.17, 15) is 9.90 Å². The van der Waals surface area contributed by atoms with Gasteiger partial charge in [-0.15, -0.1) is 0 Å². The van der Waals surface area contributed by atoms with E-state index in [0.717, 1.165) is 10.9 Å². The lowest BCUT2D eigenvalue weighted by atomic mass is 9.87. The van der Waals surface area contributed by atoms with Crippen molar-refractivity contribution in [2.75, 3.05) is 0 Å². The van der Waals surface area contributed by atoms with Crippen LogP contribution >= 0.6 is 7.92 Å². The van der Waals surface area contributed by atoms with Gasteiger partial charge in [0, 0.05) is 11.8 Å². The first kappa shape index (κ1) is 21.0. The van der Waals surface area contributed by atoms with Crippen LogP contribution in [0.4, 0.5) is 0 Å². The van der Waals surface area contributed by atoms with E-state index in [1.54, 1.807) is 6.21 Å². The van der Waals surface area contributed by atoms with E-state index < -0.39 is 25.3 Å². The predicted molar refractivity (Wildman–Crippen MR) is 121 cm³/mol. The number of hydrogen-bond donors (Lipinski definition) is 0. The number of benzene rings is 3. The molecule has 0 saturated carbocycles. The molecule has 0 N–H and O–H groups in total. The lowest BCUT2D eigenvalue weighted by Crippen LogP contribution is -2.42. The molecule has 0 aromatic heterocycles. The van der Waals surface area contributed by atoms with Crippen molar-refractivity contribution in [3.05, 3.63) is 90.5 Å². The summed E-state index contributed by atoms with van der Waals surface area (Å²) in [6, 6.07) is 28.0. The highest BCUT2D eigenvalue weighted by Crippen LogP contribution is 2.33. The van der Waals surface area contributed by atoms with E-state index in [1.165, 1.54) is 10.6 Å². The summed E-state index contributed by atoms with van der Waals surface area (Å²) in [5.41, 5.74) is 0.412. The zero-order valence-corrected chi connectivity index (χ0v) is 17.8. The molecule has 3 aromatic carbocycles. The molecule has 4 heteroatoms. The Kier molecular flexibility index (Phi) is 6.61. The third-order valence-corrected chi connectivity index (χ3v) is 7.13. The van der Waals surface area contributed by atoms with E-state index in [2.05, 4.69) is 59.6 Å². The smallest absolute Gasteiger partial charge is 0.0941 e. The molecule has 0 aliphatic rings. The van der Waals surface area contributed by atoms with Gasteiger partial charge in [-0.1, -0.05) is 106 Å². The highest BCUT2D eigenvalue weighted by Gasteiger charge is 2.25. The number of aliphatic carboxylic acids is 1. The first-order valence-electron chi connectivity index (χ1n) is 9.61. The molecule has 0 bridgehead atoms. The Morgan fingerprint density at radius 2 is 1.34 bits per heavy atom. The zero-order chi connectivity index (χ0) is 20.9. The molecule has 0 amide bonds. The van der Waals surface area contributed by atoms with Crippen molar-refractivity contribution >= 4 is 36.0 Å². The van der Waals surface area contributed by atoms with Crippen molar-refractivity contribution in [3.63, 3.8) is 0 Å². The molecule has 0 spiro atoms. The fourth-order valence-electron chi connectivity index (χ4n) is 3.17. The van der Waals surface area contributed by atoms with Crippen molar-refractivity contribution in [1.29, 1.82) is 0 Å². The van der Waals surface area contributed by atoms with Gasteiger partial charge >= 0.3 is 0 Å². The van der Waals surface area contributed by atoms with E-state index in [-0.39, 0.29) is 0 Å². The van der Waals surface area contributed by atoms with Crippen molar-refractivity contribution < 1.29 is 9.90 Å². The minimum Gasteiger partial charge on any atom is -0.548 e. The first-order chi connectivity index (χ1) is 13.9. The summed E-state index contributed by atoms with van der Waals surface area (Å²) in [6.07, 6.45) is 1.70. The average molecular weight is 402 g/mol. The fraction of sp³-hybridized carbons (Fsp3) is 0.200. The molecule has 0 radical (unpaired) electrons. The van der Waals surface area contributed by atoms with Crippen LogP contribution in [0.3, 0.4) is 0 Å². The molecule has 1 atom stereocenters. The molecule has 148 valence electrons. The van der Waals surface area contributed by atoms with Gasteiger partial charge in [-0.3, -0.25) is 4.99 Å². The van der Waals surface area contributed by atoms with E-state index in [4.69, 9.17) is 0 Å². The van der Waals surface area contributed by atoms with Crippen molar-refractivity contribution in [3.8, 4) is 0 Å². The molecule has 3 rings (SSSR count). The second kappa shape index (κ2) is 9.15. The topological polar surface area (TPSA) is 52.5 Å². The van der Waals surface area contributed by atoms with Crippen molar-refractivity contribution in [1.82, 2.24) is 0 Å². The maximum Gasteiger partial charge on any atom is 0.0941 e. The van der Waals surface area contributed by atoms with Crippen LogP contribution in [0, 0.1) is 5.41 Å². The molecular weight excluding hydrogens is 377 g/mol. The molecule has 0 aliphatic carbocycles. The van der Waals surface area contributed by atoms with E-state index >= 15 is 0 Å². The highest BCUT2D eigenvalue weighted by molar-refractivity contribution is 7.80. The molecule has 0 heterocycles. The molecule has 0 unspecified atom stereocenters. The van der Waals surface area contributed by atoms with Gasteiger partial charge in [0.25, 0.3) is 0 Å². The Labute approximate surface area is 173 Å². The van der Waals surface area contributed by atoms with Crippen LogP contribution in [0.1, 0.15) is 26.3 Å². The number of carbonyl (C=O) groups excluding carboxylic acids is 1. The van der Waals surface area contributed by atoms with Crippen LogP contribution in [0.25, 0.3) is 0 Å². The number of aliphatic imine (C=N–C) groups is 1. The molecular formula is C25H25NO2P-. The van der Waals surface area contributed by atoms with Crippen LogP contribution in [-0.4, -0.2) is 18.2 Å². The summed E-state index contributed by atoms with van der Waals surface area (Å²) in [6.45, 7) is 5.58. The van der Waals surface area contributed by atoms with Gasteiger partial charge in [0.1, 0.15) is 0 Å². The van der Waals surface area contributed by atoms with Crippen molar-refractivity contribution in [2.45, 2.75) is 26.8 Å². The SMILES string of the molecule is CC(C)(C)[C@H](N=Cc1ccccc1P(c1ccccc1)c1ccccc1)C(=O)[O-]. The summed E-state index contributed by atoms with van der Waals surface area (Å²) in [5.74, 6) is -1.15. The standard InChI is InChI=1S/C25H26NO2P/c1-25(2,3)23(24(27)28)26-18-19-12-10-11-17-22(19)29(20-13-6-4-7-14-20)21-15-8-5-9-16-21/h4-18,23H,1-3H3,(H,27,28)/p-1/t23-/m1/s1. The lowest BCUT2D eigenvalue weighted by Gasteiger charge is -2.28. The molecule has 0 fully saturated rings. The van der Waals surface area contributed by atoms with Crippen LogP contribution < -0.4 is 21.0 Å².